The summed E-state index contributed by atoms with van der Waals surface area (Å²) in [4.78, 5) is 1.29. The number of nitrogens with zero attached hydrogens (tertiary/aromatic N) is 2. The Kier molecular flexibility index (Phi) is 4.09. The van der Waals surface area contributed by atoms with E-state index in [2.05, 4.69) is 47.0 Å². The molecule has 0 atom stereocenters. The molecular weight excluding hydrogens is 230 g/mol. The summed E-state index contributed by atoms with van der Waals surface area (Å²) < 4.78 is 1.92. The molecule has 0 spiro atoms. The zero-order chi connectivity index (χ0) is 12.1. The van der Waals surface area contributed by atoms with Crippen molar-refractivity contribution in [2.75, 3.05) is 18.1 Å². The van der Waals surface area contributed by atoms with Gasteiger partial charge >= 0.3 is 0 Å². The summed E-state index contributed by atoms with van der Waals surface area (Å²) in [5, 5.41) is 7.59. The first-order valence-electron chi connectivity index (χ1n) is 5.64. The molecule has 0 saturated carbocycles. The molecular formula is C13H17N3S. The SMILES string of the molecule is CSc1cccc(NCCc2ccnn2C)c1. The molecule has 90 valence electrons. The number of aryl methyl sites for hydroxylation is 1. The lowest BCUT2D eigenvalue weighted by Crippen LogP contribution is -2.08. The van der Waals surface area contributed by atoms with Gasteiger partial charge in [-0.2, -0.15) is 5.10 Å². The maximum atomic E-state index is 4.16. The number of nitrogens with one attached hydrogen (secondary N) is 1. The number of hydrogen-bond acceptors (Lipinski definition) is 3. The van der Waals surface area contributed by atoms with Crippen LogP contribution < -0.4 is 5.32 Å². The predicted molar refractivity (Wildman–Crippen MR) is 73.6 cm³/mol. The molecule has 0 radical (unpaired) electrons. The molecule has 2 aromatic rings. The first-order chi connectivity index (χ1) is 8.29. The number of anilines is 1. The minimum Gasteiger partial charge on any atom is -0.385 e. The van der Waals surface area contributed by atoms with Crippen LogP contribution in [0, 0.1) is 0 Å². The fraction of sp³-hybridized carbons (Fsp3) is 0.308. The predicted octanol–water partition coefficient (Wildman–Crippen LogP) is 2.80. The second-order valence-corrected chi connectivity index (χ2v) is 4.73. The third-order valence-corrected chi connectivity index (χ3v) is 3.43. The van der Waals surface area contributed by atoms with Gasteiger partial charge in [-0.25, -0.2) is 0 Å². The van der Waals surface area contributed by atoms with Gasteiger partial charge in [-0.1, -0.05) is 6.07 Å². The molecule has 1 N–H and O–H groups in total. The Labute approximate surface area is 106 Å². The fourth-order valence-corrected chi connectivity index (χ4v) is 2.17. The highest BCUT2D eigenvalue weighted by Gasteiger charge is 1.98. The lowest BCUT2D eigenvalue weighted by Gasteiger charge is -2.07. The van der Waals surface area contributed by atoms with E-state index in [0.29, 0.717) is 0 Å². The third-order valence-electron chi connectivity index (χ3n) is 2.70. The van der Waals surface area contributed by atoms with Crippen LogP contribution in [0.5, 0.6) is 0 Å². The molecule has 3 nitrogen and oxygen atoms in total. The summed E-state index contributed by atoms with van der Waals surface area (Å²) in [6.07, 6.45) is 4.92. The summed E-state index contributed by atoms with van der Waals surface area (Å²) in [5.74, 6) is 0. The van der Waals surface area contributed by atoms with E-state index in [1.807, 2.05) is 17.9 Å². The van der Waals surface area contributed by atoms with Crippen molar-refractivity contribution in [1.82, 2.24) is 9.78 Å². The standard InChI is InChI=1S/C13H17N3S/c1-16-12(7-9-15-16)6-8-14-11-4-3-5-13(10-11)17-2/h3-5,7,9-10,14H,6,8H2,1-2H3. The highest BCUT2D eigenvalue weighted by atomic mass is 32.2. The first kappa shape index (κ1) is 12.0. The van der Waals surface area contributed by atoms with Crippen molar-refractivity contribution in [3.63, 3.8) is 0 Å². The van der Waals surface area contributed by atoms with Gasteiger partial charge < -0.3 is 5.32 Å². The quantitative estimate of drug-likeness (QED) is 0.824. The van der Waals surface area contributed by atoms with E-state index in [4.69, 9.17) is 0 Å². The van der Waals surface area contributed by atoms with Crippen LogP contribution in [0.3, 0.4) is 0 Å². The van der Waals surface area contributed by atoms with Gasteiger partial charge in [-0.3, -0.25) is 4.68 Å². The second kappa shape index (κ2) is 5.77. The van der Waals surface area contributed by atoms with Crippen LogP contribution >= 0.6 is 11.8 Å². The summed E-state index contributed by atoms with van der Waals surface area (Å²) in [5.41, 5.74) is 2.43. The van der Waals surface area contributed by atoms with Crippen LogP contribution in [-0.4, -0.2) is 22.6 Å². The number of thioether (sulfide) groups is 1. The van der Waals surface area contributed by atoms with Gasteiger partial charge in [-0.05, 0) is 30.5 Å². The molecule has 17 heavy (non-hydrogen) atoms. The van der Waals surface area contributed by atoms with Crippen LogP contribution in [0.15, 0.2) is 41.4 Å². The van der Waals surface area contributed by atoms with Crippen LogP contribution in [-0.2, 0) is 13.5 Å². The first-order valence-corrected chi connectivity index (χ1v) is 6.87. The van der Waals surface area contributed by atoms with E-state index in [0.717, 1.165) is 13.0 Å². The van der Waals surface area contributed by atoms with Crippen molar-refractivity contribution in [2.24, 2.45) is 7.05 Å². The van der Waals surface area contributed by atoms with Crippen molar-refractivity contribution in [1.29, 1.82) is 0 Å². The van der Waals surface area contributed by atoms with Crippen LogP contribution in [0.25, 0.3) is 0 Å². The largest absolute Gasteiger partial charge is 0.385 e. The Bertz CT molecular complexity index is 479. The van der Waals surface area contributed by atoms with Gasteiger partial charge in [0.1, 0.15) is 0 Å². The molecule has 0 amide bonds. The number of hydrogen-bond donors (Lipinski definition) is 1. The molecule has 2 rings (SSSR count). The minimum atomic E-state index is 0.928. The average molecular weight is 247 g/mol. The zero-order valence-corrected chi connectivity index (χ0v) is 11.0. The van der Waals surface area contributed by atoms with Gasteiger partial charge in [0.15, 0.2) is 0 Å². The third kappa shape index (κ3) is 3.27. The topological polar surface area (TPSA) is 29.9 Å². The lowest BCUT2D eigenvalue weighted by atomic mass is 10.3. The van der Waals surface area contributed by atoms with E-state index >= 15 is 0 Å². The molecule has 1 heterocycles. The summed E-state index contributed by atoms with van der Waals surface area (Å²) in [7, 11) is 1.98. The van der Waals surface area contributed by atoms with Gasteiger partial charge in [0.05, 0.1) is 0 Å². The van der Waals surface area contributed by atoms with E-state index in [1.165, 1.54) is 16.3 Å². The molecule has 0 aliphatic carbocycles. The summed E-state index contributed by atoms with van der Waals surface area (Å²) in [6.45, 7) is 0.928. The fourth-order valence-electron chi connectivity index (χ4n) is 1.71. The van der Waals surface area contributed by atoms with Gasteiger partial charge in [0, 0.05) is 42.5 Å². The Morgan fingerprint density at radius 2 is 2.24 bits per heavy atom. The normalized spacial score (nSPS) is 10.5. The zero-order valence-electron chi connectivity index (χ0n) is 10.2. The van der Waals surface area contributed by atoms with Crippen LogP contribution in [0.2, 0.25) is 0 Å². The molecule has 1 aromatic carbocycles. The Morgan fingerprint density at radius 3 is 2.94 bits per heavy atom. The second-order valence-electron chi connectivity index (χ2n) is 3.85. The number of rotatable bonds is 5. The molecule has 0 bridgehead atoms. The molecule has 1 aromatic heterocycles. The van der Waals surface area contributed by atoms with Crippen molar-refractivity contribution in [3.05, 3.63) is 42.2 Å². The van der Waals surface area contributed by atoms with Crippen molar-refractivity contribution in [3.8, 4) is 0 Å². The van der Waals surface area contributed by atoms with E-state index in [1.54, 1.807) is 11.8 Å². The van der Waals surface area contributed by atoms with Crippen LogP contribution in [0.4, 0.5) is 5.69 Å². The summed E-state index contributed by atoms with van der Waals surface area (Å²) >= 11 is 1.76. The molecule has 0 aliphatic rings. The maximum Gasteiger partial charge on any atom is 0.0492 e. The molecule has 4 heteroatoms. The van der Waals surface area contributed by atoms with Gasteiger partial charge in [0.25, 0.3) is 0 Å². The van der Waals surface area contributed by atoms with E-state index in [-0.39, 0.29) is 0 Å². The Balaban J connectivity index is 1.87. The van der Waals surface area contributed by atoms with Gasteiger partial charge in [-0.15, -0.1) is 11.8 Å². The molecule has 0 aliphatic heterocycles. The maximum absolute atomic E-state index is 4.16. The van der Waals surface area contributed by atoms with Gasteiger partial charge in [0.2, 0.25) is 0 Å². The smallest absolute Gasteiger partial charge is 0.0492 e. The monoisotopic (exact) mass is 247 g/mol. The molecule has 0 saturated heterocycles. The van der Waals surface area contributed by atoms with Crippen LogP contribution in [0.1, 0.15) is 5.69 Å². The van der Waals surface area contributed by atoms with Crippen molar-refractivity contribution >= 4 is 17.4 Å². The van der Waals surface area contributed by atoms with E-state index in [9.17, 15) is 0 Å². The molecule has 0 fully saturated rings. The van der Waals surface area contributed by atoms with Crippen molar-refractivity contribution in [2.45, 2.75) is 11.3 Å². The highest BCUT2D eigenvalue weighted by Crippen LogP contribution is 2.18. The highest BCUT2D eigenvalue weighted by molar-refractivity contribution is 7.98. The lowest BCUT2D eigenvalue weighted by molar-refractivity contribution is 0.711. The van der Waals surface area contributed by atoms with Crippen molar-refractivity contribution < 1.29 is 0 Å². The molecule has 0 unspecified atom stereocenters. The summed E-state index contributed by atoms with van der Waals surface area (Å²) in [6, 6.07) is 10.5. The average Bonchev–Trinajstić information content (AvgIpc) is 2.76. The Morgan fingerprint density at radius 1 is 1.35 bits per heavy atom. The number of aromatic nitrogens is 2. The minimum absolute atomic E-state index is 0.928. The Hall–Kier alpha value is -1.42. The van der Waals surface area contributed by atoms with E-state index < -0.39 is 0 Å². The number of benzene rings is 1.